The molecule has 5 nitrogen and oxygen atoms in total. The predicted molar refractivity (Wildman–Crippen MR) is 119 cm³/mol. The molecule has 0 radical (unpaired) electrons. The second kappa shape index (κ2) is 8.05. The topological polar surface area (TPSA) is 80.0 Å². The first-order valence-electron chi connectivity index (χ1n) is 9.53. The molecular weight excluding hydrogens is 390 g/mol. The van der Waals surface area contributed by atoms with Crippen molar-refractivity contribution in [3.63, 3.8) is 0 Å². The number of hydrogen-bond donors (Lipinski definition) is 2. The van der Waals surface area contributed by atoms with Gasteiger partial charge >= 0.3 is 0 Å². The van der Waals surface area contributed by atoms with E-state index in [0.29, 0.717) is 5.96 Å². The van der Waals surface area contributed by atoms with Gasteiger partial charge in [0.25, 0.3) is 0 Å². The van der Waals surface area contributed by atoms with E-state index in [4.69, 9.17) is 28.1 Å². The van der Waals surface area contributed by atoms with E-state index in [-0.39, 0.29) is 5.96 Å². The van der Waals surface area contributed by atoms with E-state index in [0.717, 1.165) is 47.0 Å². The molecule has 2 aliphatic rings. The van der Waals surface area contributed by atoms with Crippen LogP contribution in [0.25, 0.3) is 0 Å². The molecule has 28 heavy (non-hydrogen) atoms. The van der Waals surface area contributed by atoms with Gasteiger partial charge in [-0.15, -0.1) is 11.8 Å². The Kier molecular flexibility index (Phi) is 5.51. The van der Waals surface area contributed by atoms with Crippen molar-refractivity contribution in [2.24, 2.45) is 21.5 Å². The van der Waals surface area contributed by atoms with Gasteiger partial charge in [-0.2, -0.15) is 4.99 Å². The van der Waals surface area contributed by atoms with E-state index in [9.17, 15) is 0 Å². The summed E-state index contributed by atoms with van der Waals surface area (Å²) in [5, 5.41) is 0.754. The Morgan fingerprint density at radius 3 is 2.61 bits per heavy atom. The maximum atomic E-state index is 6.39. The highest BCUT2D eigenvalue weighted by molar-refractivity contribution is 7.98. The van der Waals surface area contributed by atoms with Crippen molar-refractivity contribution in [1.29, 1.82) is 0 Å². The molecule has 0 bridgehead atoms. The number of guanidine groups is 2. The minimum absolute atomic E-state index is 0.278. The van der Waals surface area contributed by atoms with Gasteiger partial charge in [-0.1, -0.05) is 42.3 Å². The average Bonchev–Trinajstić information content (AvgIpc) is 2.67. The Morgan fingerprint density at radius 2 is 1.82 bits per heavy atom. The Hall–Kier alpha value is -2.18. The third-order valence-electron chi connectivity index (χ3n) is 5.24. The predicted octanol–water partition coefficient (Wildman–Crippen LogP) is 4.74. The van der Waals surface area contributed by atoms with Crippen LogP contribution in [-0.2, 0) is 5.75 Å². The molecule has 0 unspecified atom stereocenters. The average molecular weight is 414 g/mol. The Bertz CT molecular complexity index is 921. The molecule has 1 aliphatic carbocycles. The Labute approximate surface area is 174 Å². The second-order valence-corrected chi connectivity index (χ2v) is 8.66. The maximum Gasteiger partial charge on any atom is 0.220 e. The molecule has 7 heteroatoms. The molecule has 0 aromatic heterocycles. The van der Waals surface area contributed by atoms with Gasteiger partial charge in [0.2, 0.25) is 11.9 Å². The summed E-state index contributed by atoms with van der Waals surface area (Å²) < 4.78 is 0. The van der Waals surface area contributed by atoms with E-state index in [1.807, 2.05) is 30.3 Å². The number of anilines is 1. The fourth-order valence-corrected chi connectivity index (χ4v) is 5.22. The van der Waals surface area contributed by atoms with E-state index in [2.05, 4.69) is 28.1 Å². The van der Waals surface area contributed by atoms with Gasteiger partial charge in [0.1, 0.15) is 5.66 Å². The van der Waals surface area contributed by atoms with Crippen LogP contribution >= 0.6 is 23.4 Å². The number of nitrogens with two attached hydrogens (primary N) is 2. The summed E-state index contributed by atoms with van der Waals surface area (Å²) in [7, 11) is 0. The summed E-state index contributed by atoms with van der Waals surface area (Å²) >= 11 is 7.90. The number of halogens is 1. The summed E-state index contributed by atoms with van der Waals surface area (Å²) in [6.07, 6.45) is 5.29. The smallest absolute Gasteiger partial charge is 0.220 e. The SMILES string of the molecule is NC1=NC2(CCCCC2)N(c2ccccc2SCc2cccc(Cl)c2)C(N)=N1. The van der Waals surface area contributed by atoms with E-state index < -0.39 is 5.66 Å². The Balaban J connectivity index is 1.67. The molecule has 1 fully saturated rings. The van der Waals surface area contributed by atoms with Crippen molar-refractivity contribution in [3.8, 4) is 0 Å². The van der Waals surface area contributed by atoms with Gasteiger partial charge in [0.15, 0.2) is 0 Å². The highest BCUT2D eigenvalue weighted by Crippen LogP contribution is 2.43. The molecule has 4 N–H and O–H groups in total. The van der Waals surface area contributed by atoms with Gasteiger partial charge < -0.3 is 11.5 Å². The molecule has 0 saturated heterocycles. The van der Waals surface area contributed by atoms with Crippen LogP contribution in [0.4, 0.5) is 5.69 Å². The molecule has 0 atom stereocenters. The van der Waals surface area contributed by atoms with Gasteiger partial charge in [-0.3, -0.25) is 4.90 Å². The standard InChI is InChI=1S/C21H24ClN5S/c22-16-8-6-7-15(13-16)14-28-18-10-3-2-9-17(18)27-20(24)25-19(23)26-21(27)11-4-1-5-12-21/h2-3,6-10,13H,1,4-5,11-12,14H2,(H4,23,24,25,26). The summed E-state index contributed by atoms with van der Waals surface area (Å²) in [5.41, 5.74) is 14.2. The first-order chi connectivity index (χ1) is 13.6. The van der Waals surface area contributed by atoms with E-state index in [1.54, 1.807) is 11.8 Å². The highest BCUT2D eigenvalue weighted by Gasteiger charge is 2.43. The lowest BCUT2D eigenvalue weighted by atomic mass is 9.87. The van der Waals surface area contributed by atoms with Gasteiger partial charge in [0, 0.05) is 15.7 Å². The normalized spacial score (nSPS) is 18.7. The number of thioether (sulfide) groups is 1. The third kappa shape index (κ3) is 3.84. The van der Waals surface area contributed by atoms with Crippen molar-refractivity contribution in [1.82, 2.24) is 0 Å². The zero-order valence-electron chi connectivity index (χ0n) is 15.6. The fourth-order valence-electron chi connectivity index (χ4n) is 4.02. The van der Waals surface area contributed by atoms with Crippen LogP contribution in [0.15, 0.2) is 63.4 Å². The zero-order chi connectivity index (χ0) is 19.6. The van der Waals surface area contributed by atoms with Gasteiger partial charge in [-0.25, -0.2) is 4.99 Å². The highest BCUT2D eigenvalue weighted by atomic mass is 35.5. The zero-order valence-corrected chi connectivity index (χ0v) is 17.2. The molecule has 1 saturated carbocycles. The van der Waals surface area contributed by atoms with Crippen LogP contribution in [0.3, 0.4) is 0 Å². The number of rotatable bonds is 4. The lowest BCUT2D eigenvalue weighted by Gasteiger charge is -2.46. The lowest BCUT2D eigenvalue weighted by molar-refractivity contribution is 0.305. The molecule has 1 aliphatic heterocycles. The molecule has 1 spiro atoms. The molecule has 2 aromatic rings. The van der Waals surface area contributed by atoms with Crippen LogP contribution in [0.1, 0.15) is 37.7 Å². The Morgan fingerprint density at radius 1 is 1.04 bits per heavy atom. The van der Waals surface area contributed by atoms with Crippen LogP contribution < -0.4 is 16.4 Å². The van der Waals surface area contributed by atoms with Crippen molar-refractivity contribution in [3.05, 3.63) is 59.1 Å². The molecule has 1 heterocycles. The van der Waals surface area contributed by atoms with E-state index in [1.165, 1.54) is 12.0 Å². The van der Waals surface area contributed by atoms with Gasteiger partial charge in [-0.05, 0) is 55.5 Å². The summed E-state index contributed by atoms with van der Waals surface area (Å²) in [4.78, 5) is 12.3. The van der Waals surface area contributed by atoms with Gasteiger partial charge in [0.05, 0.1) is 5.69 Å². The van der Waals surface area contributed by atoms with E-state index >= 15 is 0 Å². The number of nitrogens with zero attached hydrogens (tertiary/aromatic N) is 3. The van der Waals surface area contributed by atoms with Crippen molar-refractivity contribution in [2.75, 3.05) is 4.90 Å². The monoisotopic (exact) mass is 413 g/mol. The first kappa shape index (κ1) is 19.2. The number of hydrogen-bond acceptors (Lipinski definition) is 6. The third-order valence-corrected chi connectivity index (χ3v) is 6.61. The maximum absolute atomic E-state index is 6.39. The molecule has 146 valence electrons. The second-order valence-electron chi connectivity index (χ2n) is 7.20. The lowest BCUT2D eigenvalue weighted by Crippen LogP contribution is -2.58. The summed E-state index contributed by atoms with van der Waals surface area (Å²) in [5.74, 6) is 1.52. The molecule has 4 rings (SSSR count). The van der Waals surface area contributed by atoms with Crippen LogP contribution in [0.5, 0.6) is 0 Å². The molecule has 2 aromatic carbocycles. The van der Waals surface area contributed by atoms with Crippen LogP contribution in [0.2, 0.25) is 5.02 Å². The quantitative estimate of drug-likeness (QED) is 0.709. The fraction of sp³-hybridized carbons (Fsp3) is 0.333. The summed E-state index contributed by atoms with van der Waals surface area (Å²) in [6.45, 7) is 0. The number of aliphatic imine (C=N–C) groups is 2. The first-order valence-corrected chi connectivity index (χ1v) is 10.9. The van der Waals surface area contributed by atoms with Crippen molar-refractivity contribution >= 4 is 41.0 Å². The molecule has 0 amide bonds. The molecular formula is C21H24ClN5S. The van der Waals surface area contributed by atoms with Crippen molar-refractivity contribution in [2.45, 2.75) is 48.4 Å². The number of para-hydroxylation sites is 1. The van der Waals surface area contributed by atoms with Crippen LogP contribution in [-0.4, -0.2) is 17.6 Å². The summed E-state index contributed by atoms with van der Waals surface area (Å²) in [6, 6.07) is 16.3. The van der Waals surface area contributed by atoms with Crippen molar-refractivity contribution < 1.29 is 0 Å². The minimum atomic E-state index is -0.430. The van der Waals surface area contributed by atoms with Crippen LogP contribution in [0, 0.1) is 0 Å². The minimum Gasteiger partial charge on any atom is -0.369 e. The largest absolute Gasteiger partial charge is 0.369 e. The number of benzene rings is 2.